The van der Waals surface area contributed by atoms with E-state index in [2.05, 4.69) is 43.3 Å². The molecule has 74 valence electrons. The minimum atomic E-state index is 0. The Morgan fingerprint density at radius 3 is 2.43 bits per heavy atom. The van der Waals surface area contributed by atoms with Crippen molar-refractivity contribution in [3.8, 4) is 0 Å². The van der Waals surface area contributed by atoms with Crippen molar-refractivity contribution < 1.29 is 0 Å². The van der Waals surface area contributed by atoms with E-state index in [1.807, 2.05) is 0 Å². The molecule has 0 fully saturated rings. The van der Waals surface area contributed by atoms with Crippen molar-refractivity contribution in [2.45, 2.75) is 13.5 Å². The fourth-order valence-corrected chi connectivity index (χ4v) is 1.54. The van der Waals surface area contributed by atoms with Crippen LogP contribution < -0.4 is 5.73 Å². The number of benzene rings is 2. The van der Waals surface area contributed by atoms with Gasteiger partial charge in [-0.2, -0.15) is 0 Å². The van der Waals surface area contributed by atoms with Gasteiger partial charge in [0, 0.05) is 6.54 Å². The van der Waals surface area contributed by atoms with Crippen molar-refractivity contribution in [1.82, 2.24) is 0 Å². The van der Waals surface area contributed by atoms with Gasteiger partial charge in [-0.15, -0.1) is 12.4 Å². The molecule has 0 aliphatic rings. The first-order chi connectivity index (χ1) is 6.29. The molecular formula is C12H14ClN. The summed E-state index contributed by atoms with van der Waals surface area (Å²) in [5, 5.41) is 2.56. The minimum Gasteiger partial charge on any atom is -0.326 e. The van der Waals surface area contributed by atoms with Gasteiger partial charge in [0.25, 0.3) is 0 Å². The quantitative estimate of drug-likeness (QED) is 0.765. The molecule has 14 heavy (non-hydrogen) atoms. The minimum absolute atomic E-state index is 0. The van der Waals surface area contributed by atoms with E-state index in [1.165, 1.54) is 21.9 Å². The summed E-state index contributed by atoms with van der Waals surface area (Å²) >= 11 is 0. The Morgan fingerprint density at radius 2 is 1.71 bits per heavy atom. The average molecular weight is 208 g/mol. The molecule has 0 aliphatic carbocycles. The Labute approximate surface area is 90.3 Å². The van der Waals surface area contributed by atoms with Gasteiger partial charge in [-0.3, -0.25) is 0 Å². The van der Waals surface area contributed by atoms with Crippen LogP contribution in [0.1, 0.15) is 11.1 Å². The number of aryl methyl sites for hydroxylation is 1. The standard InChI is InChI=1S/C12H13N.ClH/c1-9-2-4-11-5-3-10(8-13)7-12(11)6-9;/h2-7H,8,13H2,1H3;1H. The highest BCUT2D eigenvalue weighted by atomic mass is 35.5. The van der Waals surface area contributed by atoms with Gasteiger partial charge >= 0.3 is 0 Å². The largest absolute Gasteiger partial charge is 0.326 e. The van der Waals surface area contributed by atoms with E-state index in [1.54, 1.807) is 0 Å². The lowest BCUT2D eigenvalue weighted by Gasteiger charge is -2.01. The lowest BCUT2D eigenvalue weighted by Crippen LogP contribution is -1.95. The number of hydrogen-bond acceptors (Lipinski definition) is 1. The first-order valence-corrected chi connectivity index (χ1v) is 4.49. The van der Waals surface area contributed by atoms with Crippen LogP contribution in [0.4, 0.5) is 0 Å². The zero-order valence-corrected chi connectivity index (χ0v) is 8.97. The second kappa shape index (κ2) is 4.45. The Morgan fingerprint density at radius 1 is 1.00 bits per heavy atom. The summed E-state index contributed by atoms with van der Waals surface area (Å²) in [6.45, 7) is 2.72. The molecule has 0 radical (unpaired) electrons. The van der Waals surface area contributed by atoms with Crippen LogP contribution in [0.3, 0.4) is 0 Å². The first-order valence-electron chi connectivity index (χ1n) is 4.49. The molecule has 0 saturated carbocycles. The lowest BCUT2D eigenvalue weighted by atomic mass is 10.0. The summed E-state index contributed by atoms with van der Waals surface area (Å²) in [5.41, 5.74) is 8.06. The first kappa shape index (κ1) is 11.0. The Kier molecular flexibility index (Phi) is 3.50. The SMILES string of the molecule is Cc1ccc2ccc(CN)cc2c1.Cl. The topological polar surface area (TPSA) is 26.0 Å². The van der Waals surface area contributed by atoms with Gasteiger partial charge in [-0.05, 0) is 29.3 Å². The predicted octanol–water partition coefficient (Wildman–Crippen LogP) is 3.03. The summed E-state index contributed by atoms with van der Waals surface area (Å²) in [5.74, 6) is 0. The van der Waals surface area contributed by atoms with E-state index in [0.717, 1.165) is 0 Å². The molecule has 0 spiro atoms. The van der Waals surface area contributed by atoms with Gasteiger partial charge in [-0.1, -0.05) is 35.9 Å². The molecule has 0 atom stereocenters. The highest BCUT2D eigenvalue weighted by Gasteiger charge is 1.94. The second-order valence-electron chi connectivity index (χ2n) is 3.39. The Balaban J connectivity index is 0.000000980. The van der Waals surface area contributed by atoms with Crippen LogP contribution >= 0.6 is 12.4 Å². The summed E-state index contributed by atoms with van der Waals surface area (Å²) in [7, 11) is 0. The van der Waals surface area contributed by atoms with Gasteiger partial charge in [0.1, 0.15) is 0 Å². The maximum absolute atomic E-state index is 5.58. The van der Waals surface area contributed by atoms with E-state index in [4.69, 9.17) is 5.73 Å². The molecule has 0 saturated heterocycles. The number of hydrogen-bond donors (Lipinski definition) is 1. The van der Waals surface area contributed by atoms with E-state index >= 15 is 0 Å². The van der Waals surface area contributed by atoms with Gasteiger partial charge in [-0.25, -0.2) is 0 Å². The van der Waals surface area contributed by atoms with Gasteiger partial charge < -0.3 is 5.73 Å². The van der Waals surface area contributed by atoms with Crippen molar-refractivity contribution in [2.24, 2.45) is 5.73 Å². The summed E-state index contributed by atoms with van der Waals surface area (Å²) in [6, 6.07) is 12.8. The van der Waals surface area contributed by atoms with Crippen LogP contribution in [0, 0.1) is 6.92 Å². The van der Waals surface area contributed by atoms with Crippen LogP contribution in [0.5, 0.6) is 0 Å². The van der Waals surface area contributed by atoms with Crippen LogP contribution in [-0.4, -0.2) is 0 Å². The van der Waals surface area contributed by atoms with Crippen molar-refractivity contribution in [3.05, 3.63) is 47.5 Å². The van der Waals surface area contributed by atoms with E-state index in [-0.39, 0.29) is 12.4 Å². The third kappa shape index (κ3) is 2.06. The fraction of sp³-hybridized carbons (Fsp3) is 0.167. The third-order valence-corrected chi connectivity index (χ3v) is 2.30. The van der Waals surface area contributed by atoms with Crippen LogP contribution in [0.2, 0.25) is 0 Å². The predicted molar refractivity (Wildman–Crippen MR) is 63.8 cm³/mol. The Hall–Kier alpha value is -1.05. The average Bonchev–Trinajstić information content (AvgIpc) is 2.16. The van der Waals surface area contributed by atoms with E-state index in [0.29, 0.717) is 6.54 Å². The molecule has 0 aromatic heterocycles. The molecule has 1 nitrogen and oxygen atoms in total. The monoisotopic (exact) mass is 207 g/mol. The zero-order valence-electron chi connectivity index (χ0n) is 8.16. The molecular weight excluding hydrogens is 194 g/mol. The molecule has 2 aromatic carbocycles. The molecule has 2 rings (SSSR count). The highest BCUT2D eigenvalue weighted by Crippen LogP contribution is 2.17. The van der Waals surface area contributed by atoms with Crippen molar-refractivity contribution >= 4 is 23.2 Å². The number of rotatable bonds is 1. The van der Waals surface area contributed by atoms with E-state index in [9.17, 15) is 0 Å². The molecule has 0 aliphatic heterocycles. The molecule has 0 bridgehead atoms. The molecule has 2 aromatic rings. The second-order valence-corrected chi connectivity index (χ2v) is 3.39. The molecule has 2 heteroatoms. The smallest absolute Gasteiger partial charge is 0.0178 e. The highest BCUT2D eigenvalue weighted by molar-refractivity contribution is 5.85. The summed E-state index contributed by atoms with van der Waals surface area (Å²) < 4.78 is 0. The molecule has 2 N–H and O–H groups in total. The Bertz CT molecular complexity index is 437. The van der Waals surface area contributed by atoms with E-state index < -0.39 is 0 Å². The summed E-state index contributed by atoms with van der Waals surface area (Å²) in [4.78, 5) is 0. The maximum atomic E-state index is 5.58. The number of fused-ring (bicyclic) bond motifs is 1. The van der Waals surface area contributed by atoms with Gasteiger partial charge in [0.05, 0.1) is 0 Å². The van der Waals surface area contributed by atoms with Crippen LogP contribution in [0.25, 0.3) is 10.8 Å². The lowest BCUT2D eigenvalue weighted by molar-refractivity contribution is 1.08. The third-order valence-electron chi connectivity index (χ3n) is 2.30. The number of halogens is 1. The van der Waals surface area contributed by atoms with Crippen molar-refractivity contribution in [3.63, 3.8) is 0 Å². The van der Waals surface area contributed by atoms with Gasteiger partial charge in [0.2, 0.25) is 0 Å². The van der Waals surface area contributed by atoms with Crippen molar-refractivity contribution in [1.29, 1.82) is 0 Å². The zero-order chi connectivity index (χ0) is 9.26. The van der Waals surface area contributed by atoms with Crippen LogP contribution in [-0.2, 0) is 6.54 Å². The van der Waals surface area contributed by atoms with Crippen LogP contribution in [0.15, 0.2) is 36.4 Å². The van der Waals surface area contributed by atoms with Crippen molar-refractivity contribution in [2.75, 3.05) is 0 Å². The maximum Gasteiger partial charge on any atom is 0.0178 e. The molecule has 0 amide bonds. The number of nitrogens with two attached hydrogens (primary N) is 1. The normalized spacial score (nSPS) is 9.86. The summed E-state index contributed by atoms with van der Waals surface area (Å²) in [6.07, 6.45) is 0. The fourth-order valence-electron chi connectivity index (χ4n) is 1.54. The molecule has 0 heterocycles. The molecule has 0 unspecified atom stereocenters. The van der Waals surface area contributed by atoms with Gasteiger partial charge in [0.15, 0.2) is 0 Å².